The maximum atomic E-state index is 5.78. The number of aryl methyl sites for hydroxylation is 1. The van der Waals surface area contributed by atoms with E-state index in [0.717, 1.165) is 43.1 Å². The first-order valence-corrected chi connectivity index (χ1v) is 8.12. The third-order valence-corrected chi connectivity index (χ3v) is 4.22. The molecule has 1 atom stereocenters. The van der Waals surface area contributed by atoms with Crippen LogP contribution < -0.4 is 0 Å². The van der Waals surface area contributed by atoms with Gasteiger partial charge in [-0.05, 0) is 38.4 Å². The van der Waals surface area contributed by atoms with E-state index in [4.69, 9.17) is 4.42 Å². The van der Waals surface area contributed by atoms with Crippen molar-refractivity contribution in [2.45, 2.75) is 32.2 Å². The molecule has 8 nitrogen and oxygen atoms in total. The van der Waals surface area contributed by atoms with E-state index in [2.05, 4.69) is 35.3 Å². The molecule has 24 heavy (non-hydrogen) atoms. The summed E-state index contributed by atoms with van der Waals surface area (Å²) in [6.45, 7) is 4.50. The molecule has 124 valence electrons. The number of aromatic amines is 1. The fourth-order valence-corrected chi connectivity index (χ4v) is 3.07. The Labute approximate surface area is 139 Å². The molecule has 0 spiro atoms. The largest absolute Gasteiger partial charge is 0.419 e. The highest BCUT2D eigenvalue weighted by Crippen LogP contribution is 2.25. The van der Waals surface area contributed by atoms with Gasteiger partial charge < -0.3 is 4.42 Å². The van der Waals surface area contributed by atoms with E-state index in [-0.39, 0.29) is 0 Å². The van der Waals surface area contributed by atoms with Crippen LogP contribution in [-0.4, -0.2) is 48.4 Å². The third kappa shape index (κ3) is 3.18. The lowest BCUT2D eigenvalue weighted by Gasteiger charge is -2.30. The number of likely N-dealkylation sites (tertiary alicyclic amines) is 1. The van der Waals surface area contributed by atoms with Gasteiger partial charge in [0.1, 0.15) is 5.82 Å². The maximum absolute atomic E-state index is 5.78. The molecule has 0 unspecified atom stereocenters. The molecule has 4 rings (SSSR count). The predicted octanol–water partition coefficient (Wildman–Crippen LogP) is 1.94. The Morgan fingerprint density at radius 3 is 3.12 bits per heavy atom. The molecule has 8 heteroatoms. The fraction of sp³-hybridized carbons (Fsp3) is 0.438. The first-order valence-electron chi connectivity index (χ1n) is 8.12. The van der Waals surface area contributed by atoms with Gasteiger partial charge in [0.25, 0.3) is 0 Å². The lowest BCUT2D eigenvalue weighted by molar-refractivity contribution is 0.181. The summed E-state index contributed by atoms with van der Waals surface area (Å²) in [6, 6.07) is 3.76. The van der Waals surface area contributed by atoms with Crippen LogP contribution in [0.5, 0.6) is 0 Å². The van der Waals surface area contributed by atoms with Crippen LogP contribution in [0.4, 0.5) is 0 Å². The molecule has 1 fully saturated rings. The summed E-state index contributed by atoms with van der Waals surface area (Å²) >= 11 is 0. The van der Waals surface area contributed by atoms with Crippen molar-refractivity contribution < 1.29 is 4.42 Å². The lowest BCUT2D eigenvalue weighted by Crippen LogP contribution is -2.34. The molecule has 4 heterocycles. The average molecular weight is 325 g/mol. The first kappa shape index (κ1) is 14.9. The summed E-state index contributed by atoms with van der Waals surface area (Å²) < 4.78 is 5.78. The molecular weight excluding hydrogens is 306 g/mol. The van der Waals surface area contributed by atoms with E-state index < -0.39 is 0 Å². The molecular formula is C16H19N7O. The molecule has 1 saturated heterocycles. The number of nitrogens with zero attached hydrogens (tertiary/aromatic N) is 6. The molecule has 1 aliphatic heterocycles. The van der Waals surface area contributed by atoms with Gasteiger partial charge in [0.15, 0.2) is 5.82 Å². The molecule has 0 aromatic carbocycles. The molecule has 3 aromatic heterocycles. The Morgan fingerprint density at radius 2 is 2.33 bits per heavy atom. The van der Waals surface area contributed by atoms with Crippen LogP contribution in [0, 0.1) is 6.92 Å². The van der Waals surface area contributed by atoms with Crippen molar-refractivity contribution in [1.82, 2.24) is 35.3 Å². The Hall–Kier alpha value is -2.61. The summed E-state index contributed by atoms with van der Waals surface area (Å²) in [4.78, 5) is 10.9. The number of aromatic nitrogens is 6. The molecule has 1 N–H and O–H groups in total. The Balaban J connectivity index is 1.43. The van der Waals surface area contributed by atoms with Gasteiger partial charge in [-0.3, -0.25) is 15.0 Å². The molecule has 0 radical (unpaired) electrons. The number of hydrogen-bond donors (Lipinski definition) is 1. The minimum absolute atomic E-state index is 0.351. The number of H-pyrrole nitrogens is 1. The molecule has 0 amide bonds. The molecule has 1 aliphatic rings. The number of pyridine rings is 1. The minimum atomic E-state index is 0.351. The van der Waals surface area contributed by atoms with Crippen LogP contribution in [0.1, 0.15) is 36.3 Å². The van der Waals surface area contributed by atoms with E-state index in [9.17, 15) is 0 Å². The summed E-state index contributed by atoms with van der Waals surface area (Å²) in [5.41, 5.74) is 0.837. The average Bonchev–Trinajstić information content (AvgIpc) is 3.25. The second kappa shape index (κ2) is 6.48. The van der Waals surface area contributed by atoms with Crippen molar-refractivity contribution in [3.63, 3.8) is 0 Å². The quantitative estimate of drug-likeness (QED) is 0.783. The van der Waals surface area contributed by atoms with Gasteiger partial charge in [-0.15, -0.1) is 10.2 Å². The topological polar surface area (TPSA) is 96.6 Å². The molecule has 0 aliphatic carbocycles. The van der Waals surface area contributed by atoms with Crippen LogP contribution in [-0.2, 0) is 6.54 Å². The van der Waals surface area contributed by atoms with Gasteiger partial charge >= 0.3 is 0 Å². The first-order chi connectivity index (χ1) is 11.8. The standard InChI is InChI=1S/C16H19N7O/c1-11-18-15(21-19-11)13-5-3-7-23(9-13)10-14-20-22-16(24-14)12-4-2-6-17-8-12/h2,4,6,8,13H,3,5,7,9-10H2,1H3,(H,18,19,21)/t13-/m1/s1. The van der Waals surface area contributed by atoms with Crippen LogP contribution in [0.2, 0.25) is 0 Å². The van der Waals surface area contributed by atoms with Gasteiger partial charge in [0, 0.05) is 24.9 Å². The van der Waals surface area contributed by atoms with Gasteiger partial charge in [-0.25, -0.2) is 4.98 Å². The number of rotatable bonds is 4. The van der Waals surface area contributed by atoms with E-state index in [1.165, 1.54) is 0 Å². The number of nitrogens with one attached hydrogen (secondary N) is 1. The Bertz CT molecular complexity index is 798. The smallest absolute Gasteiger partial charge is 0.249 e. The van der Waals surface area contributed by atoms with Crippen molar-refractivity contribution in [1.29, 1.82) is 0 Å². The summed E-state index contributed by atoms with van der Waals surface area (Å²) in [7, 11) is 0. The monoisotopic (exact) mass is 325 g/mol. The second-order valence-electron chi connectivity index (χ2n) is 6.10. The number of piperidine rings is 1. The zero-order valence-electron chi connectivity index (χ0n) is 13.5. The Morgan fingerprint density at radius 1 is 1.38 bits per heavy atom. The number of hydrogen-bond acceptors (Lipinski definition) is 7. The zero-order valence-corrected chi connectivity index (χ0v) is 13.5. The van der Waals surface area contributed by atoms with E-state index in [1.54, 1.807) is 12.4 Å². The van der Waals surface area contributed by atoms with Gasteiger partial charge in [-0.2, -0.15) is 5.10 Å². The van der Waals surface area contributed by atoms with Gasteiger partial charge in [0.05, 0.1) is 12.1 Å². The fourth-order valence-electron chi connectivity index (χ4n) is 3.07. The second-order valence-corrected chi connectivity index (χ2v) is 6.10. The minimum Gasteiger partial charge on any atom is -0.419 e. The van der Waals surface area contributed by atoms with Crippen molar-refractivity contribution in [3.8, 4) is 11.5 Å². The highest BCUT2D eigenvalue weighted by atomic mass is 16.4. The predicted molar refractivity (Wildman–Crippen MR) is 85.9 cm³/mol. The highest BCUT2D eigenvalue weighted by molar-refractivity contribution is 5.49. The van der Waals surface area contributed by atoms with Gasteiger partial charge in [-0.1, -0.05) is 0 Å². The van der Waals surface area contributed by atoms with E-state index in [0.29, 0.717) is 24.2 Å². The lowest BCUT2D eigenvalue weighted by atomic mass is 9.97. The SMILES string of the molecule is Cc1nc([C@@H]2CCCN(Cc3nnc(-c4cccnc4)o3)C2)n[nH]1. The zero-order chi connectivity index (χ0) is 16.4. The molecule has 0 saturated carbocycles. The van der Waals surface area contributed by atoms with Crippen molar-refractivity contribution >= 4 is 0 Å². The molecule has 0 bridgehead atoms. The van der Waals surface area contributed by atoms with Crippen LogP contribution >= 0.6 is 0 Å². The maximum Gasteiger partial charge on any atom is 0.249 e. The van der Waals surface area contributed by atoms with Crippen molar-refractivity contribution in [3.05, 3.63) is 42.1 Å². The van der Waals surface area contributed by atoms with Gasteiger partial charge in [0.2, 0.25) is 11.8 Å². The van der Waals surface area contributed by atoms with Crippen molar-refractivity contribution in [2.24, 2.45) is 0 Å². The highest BCUT2D eigenvalue weighted by Gasteiger charge is 2.25. The van der Waals surface area contributed by atoms with Crippen LogP contribution in [0.25, 0.3) is 11.5 Å². The van der Waals surface area contributed by atoms with Crippen LogP contribution in [0.3, 0.4) is 0 Å². The summed E-state index contributed by atoms with van der Waals surface area (Å²) in [5.74, 6) is 3.25. The van der Waals surface area contributed by atoms with E-state index in [1.807, 2.05) is 19.1 Å². The Kier molecular flexibility index (Phi) is 4.04. The van der Waals surface area contributed by atoms with E-state index >= 15 is 0 Å². The summed E-state index contributed by atoms with van der Waals surface area (Å²) in [5, 5.41) is 15.5. The summed E-state index contributed by atoms with van der Waals surface area (Å²) in [6.07, 6.45) is 5.67. The van der Waals surface area contributed by atoms with Crippen LogP contribution in [0.15, 0.2) is 28.9 Å². The van der Waals surface area contributed by atoms with Crippen molar-refractivity contribution in [2.75, 3.05) is 13.1 Å². The normalized spacial score (nSPS) is 18.8. The third-order valence-electron chi connectivity index (χ3n) is 4.22. The molecule has 3 aromatic rings.